The summed E-state index contributed by atoms with van der Waals surface area (Å²) in [4.78, 5) is 0.108. The predicted molar refractivity (Wildman–Crippen MR) is 124 cm³/mol. The highest BCUT2D eigenvalue weighted by molar-refractivity contribution is 9.10. The van der Waals surface area contributed by atoms with Crippen LogP contribution in [0.3, 0.4) is 0 Å². The van der Waals surface area contributed by atoms with Crippen molar-refractivity contribution < 1.29 is 17.9 Å². The second kappa shape index (κ2) is 8.98. The second-order valence-corrected chi connectivity index (χ2v) is 9.88. The minimum Gasteiger partial charge on any atom is -0.505 e. The molecule has 0 aliphatic rings. The second-order valence-electron chi connectivity index (χ2n) is 6.53. The topological polar surface area (TPSA) is 80.4 Å². The van der Waals surface area contributed by atoms with Crippen molar-refractivity contribution in [1.29, 1.82) is 0 Å². The van der Waals surface area contributed by atoms with Crippen LogP contribution in [0.4, 0.5) is 5.69 Å². The van der Waals surface area contributed by atoms with E-state index < -0.39 is 10.0 Å². The molecule has 0 bridgehead atoms. The van der Waals surface area contributed by atoms with Crippen LogP contribution < -0.4 is 9.71 Å². The van der Waals surface area contributed by atoms with Crippen LogP contribution in [0.5, 0.6) is 5.75 Å². The van der Waals surface area contributed by atoms with Gasteiger partial charge in [0.15, 0.2) is 5.75 Å². The molecule has 3 rings (SSSR count). The molecule has 0 fully saturated rings. The van der Waals surface area contributed by atoms with Gasteiger partial charge in [-0.2, -0.15) is 12.8 Å². The molecule has 0 heterocycles. The first-order chi connectivity index (χ1) is 14.1. The number of halogens is 3. The van der Waals surface area contributed by atoms with Crippen LogP contribution in [0.1, 0.15) is 16.7 Å². The van der Waals surface area contributed by atoms with E-state index in [2.05, 4.69) is 25.6 Å². The molecular formula is C21H18BrCl2N2O3S+. The summed E-state index contributed by atoms with van der Waals surface area (Å²) in [7, 11) is -3.88. The number of rotatable bonds is 4. The van der Waals surface area contributed by atoms with Gasteiger partial charge in [0.25, 0.3) is 5.84 Å². The monoisotopic (exact) mass is 527 g/mol. The van der Waals surface area contributed by atoms with Gasteiger partial charge in [-0.3, -0.25) is 0 Å². The first-order valence-electron chi connectivity index (χ1n) is 8.76. The maximum Gasteiger partial charge on any atom is 0.328 e. The van der Waals surface area contributed by atoms with Gasteiger partial charge in [-0.05, 0) is 50.2 Å². The average molecular weight is 529 g/mol. The first kappa shape index (κ1) is 22.6. The van der Waals surface area contributed by atoms with Crippen LogP contribution in [0.25, 0.3) is 0 Å². The van der Waals surface area contributed by atoms with Gasteiger partial charge >= 0.3 is 10.0 Å². The Hall–Kier alpha value is -2.06. The minimum atomic E-state index is -3.88. The van der Waals surface area contributed by atoms with Gasteiger partial charge in [0.05, 0.1) is 15.6 Å². The Morgan fingerprint density at radius 1 is 0.967 bits per heavy atom. The molecule has 9 heteroatoms. The Kier molecular flexibility index (Phi) is 6.77. The Bertz CT molecular complexity index is 1200. The van der Waals surface area contributed by atoms with Crippen LogP contribution >= 0.6 is 39.1 Å². The van der Waals surface area contributed by atoms with Crippen molar-refractivity contribution >= 4 is 60.7 Å². The molecule has 0 atom stereocenters. The summed E-state index contributed by atoms with van der Waals surface area (Å²) in [6, 6.07) is 15.2. The van der Waals surface area contributed by atoms with Crippen molar-refractivity contribution in [3.63, 3.8) is 0 Å². The Morgan fingerprint density at radius 2 is 1.50 bits per heavy atom. The predicted octanol–water partition coefficient (Wildman–Crippen LogP) is 4.41. The maximum atomic E-state index is 13.0. The fourth-order valence-electron chi connectivity index (χ4n) is 2.83. The van der Waals surface area contributed by atoms with Crippen molar-refractivity contribution in [2.24, 2.45) is 0 Å². The molecule has 0 saturated heterocycles. The number of benzene rings is 3. The van der Waals surface area contributed by atoms with Gasteiger partial charge in [0.2, 0.25) is 0 Å². The van der Waals surface area contributed by atoms with Gasteiger partial charge in [-0.25, -0.2) is 5.32 Å². The third-order valence-electron chi connectivity index (χ3n) is 4.50. The highest BCUT2D eigenvalue weighted by atomic mass is 79.9. The van der Waals surface area contributed by atoms with Crippen LogP contribution in [0, 0.1) is 13.8 Å². The molecular weight excluding hydrogens is 511 g/mol. The maximum absolute atomic E-state index is 13.0. The molecule has 0 radical (unpaired) electrons. The Balaban J connectivity index is 2.17. The van der Waals surface area contributed by atoms with Gasteiger partial charge in [-0.1, -0.05) is 57.3 Å². The zero-order valence-corrected chi connectivity index (χ0v) is 19.9. The normalized spacial score (nSPS) is 12.1. The molecule has 3 aromatic carbocycles. The summed E-state index contributed by atoms with van der Waals surface area (Å²) < 4.78 is 29.4. The van der Waals surface area contributed by atoms with E-state index >= 15 is 0 Å². The Labute approximate surface area is 193 Å². The molecule has 30 heavy (non-hydrogen) atoms. The molecule has 0 amide bonds. The van der Waals surface area contributed by atoms with Gasteiger partial charge in [0.1, 0.15) is 10.6 Å². The van der Waals surface area contributed by atoms with Crippen LogP contribution in [-0.4, -0.2) is 19.4 Å². The van der Waals surface area contributed by atoms with Crippen molar-refractivity contribution in [3.8, 4) is 5.75 Å². The van der Waals surface area contributed by atoms with E-state index in [4.69, 9.17) is 23.2 Å². The molecule has 3 aromatic rings. The van der Waals surface area contributed by atoms with Crippen LogP contribution in [0.2, 0.25) is 10.0 Å². The lowest BCUT2D eigenvalue weighted by atomic mass is 10.1. The van der Waals surface area contributed by atoms with E-state index in [9.17, 15) is 13.5 Å². The van der Waals surface area contributed by atoms with Gasteiger partial charge in [0, 0.05) is 15.6 Å². The molecule has 0 aromatic heterocycles. The summed E-state index contributed by atoms with van der Waals surface area (Å²) in [6.07, 6.45) is 0. The number of phenols is 1. The molecule has 0 saturated carbocycles. The largest absolute Gasteiger partial charge is 0.505 e. The minimum absolute atomic E-state index is 0.0938. The summed E-state index contributed by atoms with van der Waals surface area (Å²) >= 11 is 15.7. The smallest absolute Gasteiger partial charge is 0.328 e. The number of phenolic OH excluding ortho intramolecular Hbond substituents is 1. The number of hydrogen-bond acceptors (Lipinski definition) is 3. The molecule has 5 nitrogen and oxygen atoms in total. The quantitative estimate of drug-likeness (QED) is 0.266. The number of aromatic hydroxyl groups is 1. The highest BCUT2D eigenvalue weighted by Crippen LogP contribution is 2.42. The summed E-state index contributed by atoms with van der Waals surface area (Å²) in [6.45, 7) is 3.42. The Morgan fingerprint density at radius 3 is 2.03 bits per heavy atom. The van der Waals surface area contributed by atoms with E-state index in [1.54, 1.807) is 50.2 Å². The van der Waals surface area contributed by atoms with Crippen molar-refractivity contribution in [3.05, 3.63) is 85.8 Å². The van der Waals surface area contributed by atoms with E-state index in [1.165, 1.54) is 12.1 Å². The average Bonchev–Trinajstić information content (AvgIpc) is 2.74. The van der Waals surface area contributed by atoms with Crippen LogP contribution in [0.15, 0.2) is 64.0 Å². The zero-order valence-electron chi connectivity index (χ0n) is 16.0. The number of sulfonamides is 1. The van der Waals surface area contributed by atoms with Crippen LogP contribution in [-0.2, 0) is 10.0 Å². The summed E-state index contributed by atoms with van der Waals surface area (Å²) in [5.41, 5.74) is 2.18. The fourth-order valence-corrected chi connectivity index (χ4v) is 4.57. The molecule has 0 aliphatic carbocycles. The van der Waals surface area contributed by atoms with Gasteiger partial charge in [-0.15, -0.1) is 0 Å². The summed E-state index contributed by atoms with van der Waals surface area (Å²) in [5.74, 6) is 0.0122. The SMILES string of the molecule is Cc1c(Cl)c(O)c(Cl)c(C)c1NC(=[NH+]S(=O)(=O)c1ccc(Br)cc1)c1ccccc1. The zero-order chi connectivity index (χ0) is 22.1. The lowest BCUT2D eigenvalue weighted by molar-refractivity contribution is -0.266. The molecule has 0 aliphatic heterocycles. The lowest BCUT2D eigenvalue weighted by Crippen LogP contribution is -2.78. The number of anilines is 1. The van der Waals surface area contributed by atoms with Crippen molar-refractivity contribution in [2.75, 3.05) is 5.32 Å². The highest BCUT2D eigenvalue weighted by Gasteiger charge is 2.25. The van der Waals surface area contributed by atoms with E-state index in [1.807, 2.05) is 6.07 Å². The standard InChI is InChI=1S/C21H17BrCl2N2O3S/c1-12-17(23)20(27)18(24)13(2)19(12)25-21(14-6-4-3-5-7-14)26-30(28,29)16-10-8-15(22)9-11-16/h3-11,27H,1-2H3,(H,25,26)/p+1. The van der Waals surface area contributed by atoms with Crippen molar-refractivity contribution in [1.82, 2.24) is 0 Å². The number of nitrogens with one attached hydrogen (secondary N) is 2. The molecule has 156 valence electrons. The van der Waals surface area contributed by atoms with E-state index in [0.717, 1.165) is 4.47 Å². The fraction of sp³-hybridized carbons (Fsp3) is 0.0952. The molecule has 0 unspecified atom stereocenters. The number of amidine groups is 1. The van der Waals surface area contributed by atoms with E-state index in [-0.39, 0.29) is 26.5 Å². The van der Waals surface area contributed by atoms with E-state index in [0.29, 0.717) is 22.4 Å². The third kappa shape index (κ3) is 4.64. The lowest BCUT2D eigenvalue weighted by Gasteiger charge is -2.13. The summed E-state index contributed by atoms with van der Waals surface area (Å²) in [5, 5.41) is 13.4. The molecule has 0 spiro atoms. The third-order valence-corrected chi connectivity index (χ3v) is 7.32. The molecule has 3 N–H and O–H groups in total. The first-order valence-corrected chi connectivity index (χ1v) is 11.8. The number of hydrogen-bond donors (Lipinski definition) is 3. The van der Waals surface area contributed by atoms with Crippen molar-refractivity contribution in [2.45, 2.75) is 18.7 Å². The van der Waals surface area contributed by atoms with Gasteiger partial charge < -0.3 is 5.11 Å².